The Labute approximate surface area is 221 Å². The monoisotopic (exact) mass is 494 g/mol. The van der Waals surface area contributed by atoms with Crippen LogP contribution in [-0.2, 0) is 12.8 Å². The lowest BCUT2D eigenvalue weighted by Gasteiger charge is -2.37. The van der Waals surface area contributed by atoms with E-state index < -0.39 is 0 Å². The molecule has 3 nitrogen and oxygen atoms in total. The summed E-state index contributed by atoms with van der Waals surface area (Å²) in [7, 11) is 0. The van der Waals surface area contributed by atoms with Crippen LogP contribution in [0.4, 0.5) is 5.69 Å². The van der Waals surface area contributed by atoms with Crippen molar-refractivity contribution in [3.05, 3.63) is 94.3 Å². The van der Waals surface area contributed by atoms with Gasteiger partial charge < -0.3 is 14.7 Å². The summed E-state index contributed by atoms with van der Waals surface area (Å²) in [6, 6.07) is 23.9. The van der Waals surface area contributed by atoms with Crippen LogP contribution in [0.3, 0.4) is 0 Å². The Hall–Kier alpha value is -4.11. The lowest BCUT2D eigenvalue weighted by molar-refractivity contribution is 0.636. The maximum atomic E-state index is 8.18. The molecule has 38 heavy (non-hydrogen) atoms. The molecule has 3 heteroatoms. The molecule has 0 saturated carbocycles. The molecule has 8 rings (SSSR count). The Morgan fingerprint density at radius 3 is 2.18 bits per heavy atom. The van der Waals surface area contributed by atoms with Gasteiger partial charge in [0.05, 0.1) is 5.36 Å². The third-order valence-corrected chi connectivity index (χ3v) is 8.92. The zero-order chi connectivity index (χ0) is 25.5. The molecule has 0 spiro atoms. The zero-order valence-electron chi connectivity index (χ0n) is 21.9. The van der Waals surface area contributed by atoms with Gasteiger partial charge in [-0.2, -0.15) is 0 Å². The summed E-state index contributed by atoms with van der Waals surface area (Å²) in [5.41, 5.74) is 11.5. The summed E-state index contributed by atoms with van der Waals surface area (Å²) in [6.45, 7) is 6.78. The van der Waals surface area contributed by atoms with Crippen molar-refractivity contribution in [1.29, 1.82) is 5.41 Å². The molecule has 0 amide bonds. The van der Waals surface area contributed by atoms with Crippen molar-refractivity contribution in [2.45, 2.75) is 39.5 Å². The van der Waals surface area contributed by atoms with Gasteiger partial charge in [0.1, 0.15) is 11.2 Å². The number of anilines is 1. The number of nitrogens with one attached hydrogen (secondary N) is 1. The topological polar surface area (TPSA) is 40.2 Å². The Morgan fingerprint density at radius 2 is 1.37 bits per heavy atom. The summed E-state index contributed by atoms with van der Waals surface area (Å²) in [5, 5.41) is 15.7. The van der Waals surface area contributed by atoms with Crippen LogP contribution in [0, 0.1) is 19.3 Å². The van der Waals surface area contributed by atoms with Gasteiger partial charge in [-0.25, -0.2) is 0 Å². The van der Waals surface area contributed by atoms with Gasteiger partial charge in [-0.3, -0.25) is 0 Å². The number of rotatable bonds is 1. The largest absolute Gasteiger partial charge is 0.455 e. The van der Waals surface area contributed by atoms with Gasteiger partial charge in [0, 0.05) is 45.9 Å². The van der Waals surface area contributed by atoms with E-state index in [1.165, 1.54) is 81.2 Å². The van der Waals surface area contributed by atoms with Crippen LogP contribution >= 0.6 is 0 Å². The van der Waals surface area contributed by atoms with Crippen LogP contribution in [0.15, 0.2) is 71.1 Å². The van der Waals surface area contributed by atoms with Crippen molar-refractivity contribution in [3.63, 3.8) is 0 Å². The van der Waals surface area contributed by atoms with Gasteiger partial charge >= 0.3 is 0 Å². The van der Waals surface area contributed by atoms with Crippen LogP contribution in [0.2, 0.25) is 0 Å². The van der Waals surface area contributed by atoms with Gasteiger partial charge in [-0.1, -0.05) is 30.3 Å². The standard InChI is InChI=1S/C35H30N2O/c1-20-6-3-7-21(2)31(20)32-28-12-10-22-18-24(36)11-13-25(22)34(28)38-35-29(32)15-14-26-27-9-5-17-37-16-4-8-23(33(27)37)19-30(26)35/h3,6-7,10-15,18-19,36H,4-5,8-9,16-17H2,1-2H3. The molecule has 6 aromatic rings. The second kappa shape index (κ2) is 7.94. The number of hydrogen-bond acceptors (Lipinski definition) is 3. The van der Waals surface area contributed by atoms with Crippen LogP contribution in [0.1, 0.15) is 35.1 Å². The van der Waals surface area contributed by atoms with Crippen LogP contribution in [0.25, 0.3) is 54.6 Å². The molecule has 1 aromatic heterocycles. The summed E-state index contributed by atoms with van der Waals surface area (Å²) >= 11 is 0. The number of hydrogen-bond donors (Lipinski definition) is 1. The number of nitrogens with zero attached hydrogens (tertiary/aromatic N) is 1. The molecule has 2 aliphatic heterocycles. The zero-order valence-corrected chi connectivity index (χ0v) is 21.9. The van der Waals surface area contributed by atoms with E-state index in [0.29, 0.717) is 5.36 Å². The lowest BCUT2D eigenvalue weighted by atomic mass is 9.85. The molecule has 0 saturated heterocycles. The minimum Gasteiger partial charge on any atom is -0.455 e. The van der Waals surface area contributed by atoms with Gasteiger partial charge in [0.15, 0.2) is 0 Å². The number of benzene rings is 5. The molecule has 0 radical (unpaired) electrons. The van der Waals surface area contributed by atoms with E-state index in [4.69, 9.17) is 9.83 Å². The highest BCUT2D eigenvalue weighted by Gasteiger charge is 2.27. The van der Waals surface area contributed by atoms with E-state index in [1.807, 2.05) is 12.1 Å². The quantitative estimate of drug-likeness (QED) is 0.184. The minimum atomic E-state index is 0.522. The molecule has 2 aliphatic rings. The summed E-state index contributed by atoms with van der Waals surface area (Å²) in [5.74, 6) is 0. The van der Waals surface area contributed by atoms with Gasteiger partial charge in [-0.15, -0.1) is 0 Å². The molecule has 5 aromatic carbocycles. The van der Waals surface area contributed by atoms with E-state index >= 15 is 0 Å². The van der Waals surface area contributed by atoms with Gasteiger partial charge in [0.2, 0.25) is 0 Å². The Kier molecular flexibility index (Phi) is 4.58. The maximum absolute atomic E-state index is 8.18. The van der Waals surface area contributed by atoms with Gasteiger partial charge in [0.25, 0.3) is 0 Å². The number of aryl methyl sites for hydroxylation is 4. The maximum Gasteiger partial charge on any atom is 0.143 e. The molecule has 0 bridgehead atoms. The van der Waals surface area contributed by atoms with Crippen molar-refractivity contribution in [1.82, 2.24) is 0 Å². The van der Waals surface area contributed by atoms with E-state index in [2.05, 4.69) is 73.3 Å². The Bertz CT molecular complexity index is 2010. The van der Waals surface area contributed by atoms with Crippen molar-refractivity contribution in [3.8, 4) is 11.1 Å². The van der Waals surface area contributed by atoms with Crippen LogP contribution in [0.5, 0.6) is 0 Å². The van der Waals surface area contributed by atoms with Crippen molar-refractivity contribution in [2.75, 3.05) is 18.0 Å². The Balaban J connectivity index is 1.60. The smallest absolute Gasteiger partial charge is 0.143 e. The second-order valence-corrected chi connectivity index (χ2v) is 11.2. The molecular weight excluding hydrogens is 464 g/mol. The van der Waals surface area contributed by atoms with Crippen molar-refractivity contribution < 1.29 is 4.42 Å². The number of fused-ring (bicyclic) bond motifs is 7. The predicted octanol–water partition coefficient (Wildman–Crippen LogP) is 8.35. The van der Waals surface area contributed by atoms with E-state index in [1.54, 1.807) is 0 Å². The fourth-order valence-corrected chi connectivity index (χ4v) is 7.29. The molecular formula is C35H30N2O. The SMILES string of the molecule is Cc1cccc(C)c1-c1c2ccc3cc(=N)ccc3c2oc2c1ccc1c3c4c(cc12)CCCN4CCC3. The molecule has 0 atom stereocenters. The average Bonchev–Trinajstić information content (AvgIpc) is 2.92. The van der Waals surface area contributed by atoms with Crippen LogP contribution < -0.4 is 10.3 Å². The first-order chi connectivity index (χ1) is 18.6. The summed E-state index contributed by atoms with van der Waals surface area (Å²) in [4.78, 5) is 2.62. The predicted molar refractivity (Wildman–Crippen MR) is 158 cm³/mol. The molecule has 1 N–H and O–H groups in total. The van der Waals surface area contributed by atoms with Crippen molar-refractivity contribution >= 4 is 49.2 Å². The molecule has 0 aliphatic carbocycles. The fraction of sp³-hybridized carbons (Fsp3) is 0.229. The minimum absolute atomic E-state index is 0.522. The van der Waals surface area contributed by atoms with E-state index in [-0.39, 0.29) is 0 Å². The summed E-state index contributed by atoms with van der Waals surface area (Å²) in [6.07, 6.45) is 4.70. The highest BCUT2D eigenvalue weighted by atomic mass is 16.3. The fourth-order valence-electron chi connectivity index (χ4n) is 7.29. The summed E-state index contributed by atoms with van der Waals surface area (Å²) < 4.78 is 7.02. The first-order valence-electron chi connectivity index (χ1n) is 13.9. The normalized spacial score (nSPS) is 15.1. The highest BCUT2D eigenvalue weighted by Crippen LogP contribution is 2.46. The van der Waals surface area contributed by atoms with Gasteiger partial charge in [-0.05, 0) is 115 Å². The second-order valence-electron chi connectivity index (χ2n) is 11.2. The third kappa shape index (κ3) is 2.99. The lowest BCUT2D eigenvalue weighted by Crippen LogP contribution is -2.34. The first-order valence-corrected chi connectivity index (χ1v) is 13.9. The van der Waals surface area contributed by atoms with E-state index in [9.17, 15) is 0 Å². The molecule has 0 fully saturated rings. The Morgan fingerprint density at radius 1 is 0.684 bits per heavy atom. The van der Waals surface area contributed by atoms with Crippen molar-refractivity contribution in [2.24, 2.45) is 0 Å². The molecule has 186 valence electrons. The first kappa shape index (κ1) is 21.9. The molecule has 3 heterocycles. The van der Waals surface area contributed by atoms with Crippen LogP contribution in [-0.4, -0.2) is 13.1 Å². The molecule has 0 unspecified atom stereocenters. The average molecular weight is 495 g/mol. The van der Waals surface area contributed by atoms with E-state index in [0.717, 1.165) is 40.2 Å². The highest BCUT2D eigenvalue weighted by molar-refractivity contribution is 6.20. The third-order valence-electron chi connectivity index (χ3n) is 8.92.